The summed E-state index contributed by atoms with van der Waals surface area (Å²) in [4.78, 5) is 11.3. The van der Waals surface area contributed by atoms with Crippen molar-refractivity contribution >= 4 is 27.3 Å². The predicted octanol–water partition coefficient (Wildman–Crippen LogP) is 4.00. The molecular formula is C17H18BrN5S. The van der Waals surface area contributed by atoms with Gasteiger partial charge in [-0.1, -0.05) is 28.1 Å². The summed E-state index contributed by atoms with van der Waals surface area (Å²) >= 11 is 5.19. The maximum absolute atomic E-state index is 4.81. The van der Waals surface area contributed by atoms with Crippen molar-refractivity contribution in [2.24, 2.45) is 0 Å². The van der Waals surface area contributed by atoms with E-state index in [2.05, 4.69) is 60.6 Å². The van der Waals surface area contributed by atoms with Gasteiger partial charge in [-0.05, 0) is 25.0 Å². The van der Waals surface area contributed by atoms with E-state index in [0.29, 0.717) is 6.04 Å². The standard InChI is InChI=1S/C17H18BrN5S/c18-14-3-1-13(2-4-14)17-21-15(10-24-17)9-22-7-5-16(6-8-22)23-12-19-11-20-23/h1-4,10-12,16H,5-9H2. The lowest BCUT2D eigenvalue weighted by Gasteiger charge is -2.31. The van der Waals surface area contributed by atoms with E-state index in [9.17, 15) is 0 Å². The first-order chi connectivity index (χ1) is 11.8. The second-order valence-corrected chi connectivity index (χ2v) is 7.81. The molecule has 0 saturated carbocycles. The Labute approximate surface area is 153 Å². The molecule has 24 heavy (non-hydrogen) atoms. The number of halogens is 1. The van der Waals surface area contributed by atoms with Crippen LogP contribution < -0.4 is 0 Å². The van der Waals surface area contributed by atoms with E-state index in [1.807, 2.05) is 11.0 Å². The van der Waals surface area contributed by atoms with Gasteiger partial charge < -0.3 is 0 Å². The SMILES string of the molecule is Brc1ccc(-c2nc(CN3CCC(n4cncn4)CC3)cs2)cc1. The van der Waals surface area contributed by atoms with Gasteiger partial charge in [-0.2, -0.15) is 5.10 Å². The molecule has 0 amide bonds. The average Bonchev–Trinajstić information content (AvgIpc) is 3.28. The molecule has 1 saturated heterocycles. The number of aromatic nitrogens is 4. The second kappa shape index (κ2) is 7.13. The van der Waals surface area contributed by atoms with Crippen molar-refractivity contribution in [3.05, 3.63) is 52.5 Å². The van der Waals surface area contributed by atoms with E-state index in [4.69, 9.17) is 4.98 Å². The van der Waals surface area contributed by atoms with Crippen LogP contribution in [0.3, 0.4) is 0 Å². The molecule has 1 fully saturated rings. The third-order valence-corrected chi connectivity index (χ3v) is 5.87. The molecule has 0 bridgehead atoms. The van der Waals surface area contributed by atoms with E-state index in [1.54, 1.807) is 17.7 Å². The van der Waals surface area contributed by atoms with Crippen LogP contribution in [0.4, 0.5) is 0 Å². The van der Waals surface area contributed by atoms with Gasteiger partial charge in [0.15, 0.2) is 0 Å². The Morgan fingerprint density at radius 3 is 2.67 bits per heavy atom. The Hall–Kier alpha value is -1.57. The zero-order valence-corrected chi connectivity index (χ0v) is 15.6. The van der Waals surface area contributed by atoms with E-state index in [-0.39, 0.29) is 0 Å². The molecule has 5 nitrogen and oxygen atoms in total. The maximum atomic E-state index is 4.81. The fourth-order valence-corrected chi connectivity index (χ4v) is 4.16. The second-order valence-electron chi connectivity index (χ2n) is 6.03. The first kappa shape index (κ1) is 15.9. The van der Waals surface area contributed by atoms with Gasteiger partial charge in [-0.25, -0.2) is 14.6 Å². The minimum atomic E-state index is 0.484. The summed E-state index contributed by atoms with van der Waals surface area (Å²) in [5.74, 6) is 0. The van der Waals surface area contributed by atoms with Crippen LogP contribution in [0, 0.1) is 0 Å². The zero-order valence-electron chi connectivity index (χ0n) is 13.2. The van der Waals surface area contributed by atoms with E-state index >= 15 is 0 Å². The largest absolute Gasteiger partial charge is 0.297 e. The van der Waals surface area contributed by atoms with Crippen molar-refractivity contribution in [3.63, 3.8) is 0 Å². The van der Waals surface area contributed by atoms with Gasteiger partial charge in [0.25, 0.3) is 0 Å². The summed E-state index contributed by atoms with van der Waals surface area (Å²) in [6.45, 7) is 3.09. The van der Waals surface area contributed by atoms with Crippen molar-refractivity contribution in [1.29, 1.82) is 0 Å². The number of nitrogens with zero attached hydrogens (tertiary/aromatic N) is 5. The molecular weight excluding hydrogens is 386 g/mol. The third-order valence-electron chi connectivity index (χ3n) is 4.40. The predicted molar refractivity (Wildman–Crippen MR) is 98.8 cm³/mol. The monoisotopic (exact) mass is 403 g/mol. The highest BCUT2D eigenvalue weighted by molar-refractivity contribution is 9.10. The average molecular weight is 404 g/mol. The summed E-state index contributed by atoms with van der Waals surface area (Å²) in [6, 6.07) is 8.82. The lowest BCUT2D eigenvalue weighted by molar-refractivity contribution is 0.172. The molecule has 0 radical (unpaired) electrons. The van der Waals surface area contributed by atoms with Gasteiger partial charge in [0.1, 0.15) is 17.7 Å². The molecule has 0 atom stereocenters. The van der Waals surface area contributed by atoms with Crippen LogP contribution in [0.15, 0.2) is 46.8 Å². The molecule has 0 N–H and O–H groups in total. The van der Waals surface area contributed by atoms with Gasteiger partial charge in [0.2, 0.25) is 0 Å². The topological polar surface area (TPSA) is 46.8 Å². The minimum Gasteiger partial charge on any atom is -0.297 e. The summed E-state index contributed by atoms with van der Waals surface area (Å²) in [5, 5.41) is 7.54. The number of benzene rings is 1. The van der Waals surface area contributed by atoms with Crippen molar-refractivity contribution in [1.82, 2.24) is 24.6 Å². The van der Waals surface area contributed by atoms with Gasteiger partial charge in [-0.3, -0.25) is 4.90 Å². The van der Waals surface area contributed by atoms with Crippen LogP contribution in [0.25, 0.3) is 10.6 Å². The molecule has 7 heteroatoms. The molecule has 2 aromatic heterocycles. The first-order valence-corrected chi connectivity index (χ1v) is 9.72. The molecule has 124 valence electrons. The third kappa shape index (κ3) is 3.58. The molecule has 3 aromatic rings. The summed E-state index contributed by atoms with van der Waals surface area (Å²) < 4.78 is 3.09. The van der Waals surface area contributed by atoms with Crippen molar-refractivity contribution in [3.8, 4) is 10.6 Å². The minimum absolute atomic E-state index is 0.484. The van der Waals surface area contributed by atoms with E-state index in [1.165, 1.54) is 5.56 Å². The van der Waals surface area contributed by atoms with Crippen LogP contribution in [0.5, 0.6) is 0 Å². The number of hydrogen-bond donors (Lipinski definition) is 0. The highest BCUT2D eigenvalue weighted by atomic mass is 79.9. The lowest BCUT2D eigenvalue weighted by atomic mass is 10.1. The highest BCUT2D eigenvalue weighted by Gasteiger charge is 2.21. The van der Waals surface area contributed by atoms with E-state index < -0.39 is 0 Å². The summed E-state index contributed by atoms with van der Waals surface area (Å²) in [7, 11) is 0. The molecule has 4 rings (SSSR count). The van der Waals surface area contributed by atoms with Crippen LogP contribution >= 0.6 is 27.3 Å². The maximum Gasteiger partial charge on any atom is 0.137 e. The molecule has 0 aliphatic carbocycles. The molecule has 1 aliphatic heterocycles. The Kier molecular flexibility index (Phi) is 4.73. The lowest BCUT2D eigenvalue weighted by Crippen LogP contribution is -2.34. The number of rotatable bonds is 4. The fourth-order valence-electron chi connectivity index (χ4n) is 3.08. The number of hydrogen-bond acceptors (Lipinski definition) is 5. The first-order valence-electron chi connectivity index (χ1n) is 8.05. The van der Waals surface area contributed by atoms with Crippen molar-refractivity contribution < 1.29 is 0 Å². The van der Waals surface area contributed by atoms with Crippen LogP contribution in [-0.2, 0) is 6.54 Å². The summed E-state index contributed by atoms with van der Waals surface area (Å²) in [5.41, 5.74) is 2.34. The smallest absolute Gasteiger partial charge is 0.137 e. The van der Waals surface area contributed by atoms with Gasteiger partial charge in [0.05, 0.1) is 11.7 Å². The number of likely N-dealkylation sites (tertiary alicyclic amines) is 1. The Morgan fingerprint density at radius 2 is 1.96 bits per heavy atom. The Morgan fingerprint density at radius 1 is 1.17 bits per heavy atom. The molecule has 1 aromatic carbocycles. The molecule has 0 unspecified atom stereocenters. The number of piperidine rings is 1. The van der Waals surface area contributed by atoms with Gasteiger partial charge >= 0.3 is 0 Å². The van der Waals surface area contributed by atoms with Gasteiger partial charge in [-0.15, -0.1) is 11.3 Å². The quantitative estimate of drug-likeness (QED) is 0.660. The molecule has 1 aliphatic rings. The van der Waals surface area contributed by atoms with Crippen LogP contribution in [-0.4, -0.2) is 37.7 Å². The zero-order chi connectivity index (χ0) is 16.4. The summed E-state index contributed by atoms with van der Waals surface area (Å²) in [6.07, 6.45) is 5.68. The molecule has 3 heterocycles. The van der Waals surface area contributed by atoms with Crippen LogP contribution in [0.2, 0.25) is 0 Å². The fraction of sp³-hybridized carbons (Fsp3) is 0.353. The normalized spacial score (nSPS) is 16.5. The van der Waals surface area contributed by atoms with E-state index in [0.717, 1.165) is 47.7 Å². The Bertz CT molecular complexity index is 776. The Balaban J connectivity index is 1.36. The van der Waals surface area contributed by atoms with Gasteiger partial charge in [0, 0.05) is 35.1 Å². The van der Waals surface area contributed by atoms with Crippen LogP contribution in [0.1, 0.15) is 24.6 Å². The van der Waals surface area contributed by atoms with Crippen molar-refractivity contribution in [2.45, 2.75) is 25.4 Å². The number of thiazole rings is 1. The van der Waals surface area contributed by atoms with Crippen molar-refractivity contribution in [2.75, 3.05) is 13.1 Å². The highest BCUT2D eigenvalue weighted by Crippen LogP contribution is 2.27. The molecule has 0 spiro atoms.